The number of rotatable bonds is 17. The smallest absolute Gasteiger partial charge is 0.315 e. The quantitative estimate of drug-likeness (QED) is 0.0922. The molecule has 7 atom stereocenters. The number of nitrogens with zero attached hydrogens (tertiary/aromatic N) is 1. The molecule has 5 N–H and O–H groups in total. The van der Waals surface area contributed by atoms with E-state index in [0.29, 0.717) is 44.1 Å². The number of likely N-dealkylation sites (tertiary alicyclic amines) is 1. The minimum absolute atomic E-state index is 0.114. The Morgan fingerprint density at radius 1 is 1.06 bits per heavy atom. The molecule has 1 aromatic rings. The lowest BCUT2D eigenvalue weighted by Gasteiger charge is -2.28. The third-order valence-electron chi connectivity index (χ3n) is 9.75. The predicted octanol–water partition coefficient (Wildman–Crippen LogP) is 1.44. The number of nitrogens with one attached hydrogen (secondary N) is 5. The fourth-order valence-corrected chi connectivity index (χ4v) is 8.44. The first kappa shape index (κ1) is 36.6. The van der Waals surface area contributed by atoms with Crippen LogP contribution in [0.25, 0.3) is 0 Å². The Bertz CT molecular complexity index is 1390. The van der Waals surface area contributed by atoms with Crippen molar-refractivity contribution in [1.29, 1.82) is 0 Å². The Hall–Kier alpha value is -3.65. The van der Waals surface area contributed by atoms with Gasteiger partial charge in [0.15, 0.2) is 5.78 Å². The molecule has 0 spiro atoms. The van der Waals surface area contributed by atoms with Crippen molar-refractivity contribution in [2.45, 2.75) is 113 Å². The number of benzene rings is 1. The zero-order chi connectivity index (χ0) is 35.1. The standard InChI is InChI=1S/C35H50N6O7S/c1-21(2)16-23(31(44)35(3)20-48-35)37-32(45)24(17-22-10-5-4-6-11-22)38-33(46)26-12-9-15-41(26)29(43)18-36-28(42)14-8-7-13-27-30-25(19-49-27)39-34(47)40-30/h4-6,10-11,21,23-27,30H,7-9,12-20H2,1-3H3,(H,36,42)(H,37,45)(H,38,46)(H2,39,40,47)/t23-,24-,25?,26-,27?,30?,35+/m0/s1. The zero-order valence-corrected chi connectivity index (χ0v) is 29.4. The molecule has 4 aliphatic rings. The molecule has 6 amide bonds. The number of amides is 6. The highest BCUT2D eigenvalue weighted by Gasteiger charge is 2.50. The number of carbonyl (C=O) groups is 6. The number of fused-ring (bicyclic) bond motifs is 1. The molecule has 0 aromatic heterocycles. The van der Waals surface area contributed by atoms with E-state index in [1.165, 1.54) is 4.90 Å². The molecule has 0 radical (unpaired) electrons. The highest BCUT2D eigenvalue weighted by atomic mass is 32.2. The van der Waals surface area contributed by atoms with Crippen molar-refractivity contribution in [1.82, 2.24) is 31.5 Å². The largest absolute Gasteiger partial charge is 0.361 e. The first-order valence-corrected chi connectivity index (χ1v) is 18.6. The van der Waals surface area contributed by atoms with Gasteiger partial charge in [-0.2, -0.15) is 11.8 Å². The number of hydrogen-bond donors (Lipinski definition) is 5. The molecule has 4 heterocycles. The van der Waals surface area contributed by atoms with Crippen LogP contribution < -0.4 is 26.6 Å². The summed E-state index contributed by atoms with van der Waals surface area (Å²) in [5, 5.41) is 14.7. The van der Waals surface area contributed by atoms with E-state index >= 15 is 0 Å². The fraction of sp³-hybridized carbons (Fsp3) is 0.657. The van der Waals surface area contributed by atoms with Gasteiger partial charge in [-0.25, -0.2) is 4.79 Å². The average molecular weight is 699 g/mol. The van der Waals surface area contributed by atoms with Crippen molar-refractivity contribution in [3.8, 4) is 0 Å². The number of urea groups is 1. The lowest BCUT2D eigenvalue weighted by atomic mass is 9.93. The van der Waals surface area contributed by atoms with Crippen LogP contribution in [0.4, 0.5) is 4.79 Å². The Kier molecular flexibility index (Phi) is 12.2. The van der Waals surface area contributed by atoms with Gasteiger partial charge in [0.05, 0.1) is 31.3 Å². The molecule has 14 heteroatoms. The van der Waals surface area contributed by atoms with Crippen molar-refractivity contribution in [2.75, 3.05) is 25.4 Å². The number of Topliss-reactive ketones (excluding diaryl/α,β-unsaturated/α-hetero) is 1. The van der Waals surface area contributed by atoms with E-state index in [-0.39, 0.29) is 61.0 Å². The van der Waals surface area contributed by atoms with Crippen LogP contribution in [0.15, 0.2) is 30.3 Å². The summed E-state index contributed by atoms with van der Waals surface area (Å²) in [6.07, 6.45) is 4.39. The molecule has 1 aromatic carbocycles. The van der Waals surface area contributed by atoms with Crippen LogP contribution in [0.3, 0.4) is 0 Å². The second-order valence-corrected chi connectivity index (χ2v) is 15.5. The van der Waals surface area contributed by atoms with Crippen LogP contribution in [0.2, 0.25) is 0 Å². The second kappa shape index (κ2) is 16.4. The monoisotopic (exact) mass is 698 g/mol. The minimum atomic E-state index is -0.975. The van der Waals surface area contributed by atoms with Gasteiger partial charge in [0, 0.05) is 30.4 Å². The third kappa shape index (κ3) is 9.74. The summed E-state index contributed by atoms with van der Waals surface area (Å²) >= 11 is 1.84. The fourth-order valence-electron chi connectivity index (χ4n) is 6.90. The molecule has 4 saturated heterocycles. The molecule has 13 nitrogen and oxygen atoms in total. The van der Waals surface area contributed by atoms with Gasteiger partial charge in [-0.1, -0.05) is 50.6 Å². The molecule has 3 unspecified atom stereocenters. The Balaban J connectivity index is 1.12. The molecular formula is C35H50N6O7S. The Morgan fingerprint density at radius 2 is 1.82 bits per heavy atom. The van der Waals surface area contributed by atoms with Gasteiger partial charge in [-0.3, -0.25) is 24.0 Å². The predicted molar refractivity (Wildman–Crippen MR) is 185 cm³/mol. The lowest BCUT2D eigenvalue weighted by Crippen LogP contribution is -2.57. The maximum atomic E-state index is 13.7. The van der Waals surface area contributed by atoms with E-state index in [1.807, 2.05) is 55.9 Å². The van der Waals surface area contributed by atoms with Gasteiger partial charge < -0.3 is 36.2 Å². The van der Waals surface area contributed by atoms with Crippen molar-refractivity contribution in [3.05, 3.63) is 35.9 Å². The number of carbonyl (C=O) groups excluding carboxylic acids is 6. The molecule has 0 bridgehead atoms. The van der Waals surface area contributed by atoms with E-state index in [4.69, 9.17) is 4.74 Å². The molecule has 4 fully saturated rings. The van der Waals surface area contributed by atoms with Gasteiger partial charge in [-0.15, -0.1) is 0 Å². The maximum absolute atomic E-state index is 13.7. The van der Waals surface area contributed by atoms with E-state index in [2.05, 4.69) is 26.6 Å². The van der Waals surface area contributed by atoms with Gasteiger partial charge in [0.1, 0.15) is 17.7 Å². The number of thioether (sulfide) groups is 1. The number of unbranched alkanes of at least 4 members (excludes halogenated alkanes) is 1. The highest BCUT2D eigenvalue weighted by Crippen LogP contribution is 2.33. The summed E-state index contributed by atoms with van der Waals surface area (Å²) in [6.45, 7) is 6.14. The second-order valence-electron chi connectivity index (χ2n) is 14.2. The van der Waals surface area contributed by atoms with Crippen LogP contribution in [0.1, 0.15) is 71.3 Å². The van der Waals surface area contributed by atoms with E-state index in [0.717, 1.165) is 24.2 Å². The van der Waals surface area contributed by atoms with Crippen molar-refractivity contribution >= 4 is 47.2 Å². The minimum Gasteiger partial charge on any atom is -0.361 e. The molecule has 49 heavy (non-hydrogen) atoms. The number of epoxide rings is 1. The van der Waals surface area contributed by atoms with Gasteiger partial charge in [-0.05, 0) is 50.5 Å². The first-order chi connectivity index (χ1) is 23.4. The maximum Gasteiger partial charge on any atom is 0.315 e. The van der Waals surface area contributed by atoms with E-state index in [9.17, 15) is 28.8 Å². The molecule has 5 rings (SSSR count). The summed E-state index contributed by atoms with van der Waals surface area (Å²) in [6, 6.07) is 6.98. The van der Waals surface area contributed by atoms with Crippen LogP contribution in [-0.2, 0) is 35.1 Å². The van der Waals surface area contributed by atoms with Gasteiger partial charge >= 0.3 is 6.03 Å². The van der Waals surface area contributed by atoms with Crippen LogP contribution in [0.5, 0.6) is 0 Å². The highest BCUT2D eigenvalue weighted by molar-refractivity contribution is 8.00. The topological polar surface area (TPSA) is 178 Å². The number of hydrogen-bond acceptors (Lipinski definition) is 8. The molecule has 0 saturated carbocycles. The Labute approximate surface area is 292 Å². The molecule has 268 valence electrons. The summed E-state index contributed by atoms with van der Waals surface area (Å²) in [7, 11) is 0. The summed E-state index contributed by atoms with van der Waals surface area (Å²) in [5.41, 5.74) is -0.0696. The van der Waals surface area contributed by atoms with Crippen molar-refractivity contribution < 1.29 is 33.5 Å². The van der Waals surface area contributed by atoms with Crippen LogP contribution in [0, 0.1) is 5.92 Å². The summed E-state index contributed by atoms with van der Waals surface area (Å²) in [5.74, 6) is -0.654. The van der Waals surface area contributed by atoms with Crippen LogP contribution in [-0.4, -0.2) is 107 Å². The van der Waals surface area contributed by atoms with E-state index in [1.54, 1.807) is 6.92 Å². The molecule has 4 aliphatic heterocycles. The van der Waals surface area contributed by atoms with Crippen molar-refractivity contribution in [2.24, 2.45) is 5.92 Å². The third-order valence-corrected chi connectivity index (χ3v) is 11.3. The SMILES string of the molecule is CC(C)C[C@H](NC(=O)[C@H](Cc1ccccc1)NC(=O)[C@@H]1CCCN1C(=O)CNC(=O)CCCCC1SCC2NC(=O)NC21)C(=O)[C@@]1(C)CO1. The van der Waals surface area contributed by atoms with Gasteiger partial charge in [0.25, 0.3) is 0 Å². The Morgan fingerprint density at radius 3 is 2.53 bits per heavy atom. The summed E-state index contributed by atoms with van der Waals surface area (Å²) in [4.78, 5) is 79.4. The molecular weight excluding hydrogens is 648 g/mol. The van der Waals surface area contributed by atoms with Crippen LogP contribution >= 0.6 is 11.8 Å². The van der Waals surface area contributed by atoms with E-state index < -0.39 is 35.5 Å². The van der Waals surface area contributed by atoms with Gasteiger partial charge in [0.2, 0.25) is 23.6 Å². The summed E-state index contributed by atoms with van der Waals surface area (Å²) < 4.78 is 5.37. The average Bonchev–Trinajstić information content (AvgIpc) is 3.36. The normalized spacial score (nSPS) is 26.7. The number of ketones is 1. The van der Waals surface area contributed by atoms with Crippen molar-refractivity contribution in [3.63, 3.8) is 0 Å². The number of ether oxygens (including phenoxy) is 1. The lowest BCUT2D eigenvalue weighted by molar-refractivity contribution is -0.140. The zero-order valence-electron chi connectivity index (χ0n) is 28.6. The first-order valence-electron chi connectivity index (χ1n) is 17.5. The molecule has 0 aliphatic carbocycles.